The van der Waals surface area contributed by atoms with Gasteiger partial charge in [0.15, 0.2) is 0 Å². The second kappa shape index (κ2) is 8.85. The van der Waals surface area contributed by atoms with Crippen molar-refractivity contribution >= 4 is 16.0 Å². The molecule has 4 atom stereocenters. The van der Waals surface area contributed by atoms with Crippen molar-refractivity contribution in [1.82, 2.24) is 24.1 Å². The standard InChI is InChI=1S/C20H26FN7O4S/c1-20(29)6-3-4-17(20)32-18-13(8-22)9-23-19(26-18)25-16-5-7-28(12-15(16)21)33(30,31)14-10-24-27(2)11-14/h9-11,15-17,29H,3-7,12H2,1-2H3,(H,23,25,26)/t15-,16+,17-,20+/m1/s1. The normalized spacial score (nSPS) is 28.4. The summed E-state index contributed by atoms with van der Waals surface area (Å²) in [4.78, 5) is 8.32. The number of piperidine rings is 1. The van der Waals surface area contributed by atoms with Gasteiger partial charge in [0, 0.05) is 26.3 Å². The molecule has 2 aliphatic rings. The number of nitrogens with zero attached hydrogens (tertiary/aromatic N) is 6. The largest absolute Gasteiger partial charge is 0.470 e. The first-order valence-electron chi connectivity index (χ1n) is 10.7. The summed E-state index contributed by atoms with van der Waals surface area (Å²) in [5.41, 5.74) is -0.917. The van der Waals surface area contributed by atoms with E-state index in [2.05, 4.69) is 20.4 Å². The van der Waals surface area contributed by atoms with E-state index < -0.39 is 33.9 Å². The molecule has 0 radical (unpaired) electrons. The van der Waals surface area contributed by atoms with Crippen LogP contribution in [0.4, 0.5) is 10.3 Å². The Bertz CT molecular complexity index is 1160. The minimum Gasteiger partial charge on any atom is -0.470 e. The Labute approximate surface area is 191 Å². The van der Waals surface area contributed by atoms with Gasteiger partial charge in [0.1, 0.15) is 28.8 Å². The van der Waals surface area contributed by atoms with Crippen LogP contribution >= 0.6 is 0 Å². The van der Waals surface area contributed by atoms with Crippen molar-refractivity contribution in [3.63, 3.8) is 0 Å². The lowest BCUT2D eigenvalue weighted by molar-refractivity contribution is -0.0271. The summed E-state index contributed by atoms with van der Waals surface area (Å²) in [5, 5.41) is 26.6. The number of aromatic nitrogens is 4. The first kappa shape index (κ1) is 23.3. The van der Waals surface area contributed by atoms with E-state index in [0.717, 1.165) is 10.7 Å². The van der Waals surface area contributed by atoms with Crippen LogP contribution in [0.5, 0.6) is 5.88 Å². The molecule has 33 heavy (non-hydrogen) atoms. The highest BCUT2D eigenvalue weighted by atomic mass is 32.2. The molecule has 2 fully saturated rings. The monoisotopic (exact) mass is 479 g/mol. The second-order valence-electron chi connectivity index (χ2n) is 8.65. The smallest absolute Gasteiger partial charge is 0.246 e. The molecule has 0 unspecified atom stereocenters. The number of aryl methyl sites for hydroxylation is 1. The SMILES string of the molecule is Cn1cc(S(=O)(=O)N2CC[C@H](Nc3ncc(C#N)c(O[C@@H]4CCC[C@]4(C)O)n3)[C@H](F)C2)cn1. The number of anilines is 1. The van der Waals surface area contributed by atoms with E-state index in [1.54, 1.807) is 14.0 Å². The Kier molecular flexibility index (Phi) is 6.26. The fourth-order valence-corrected chi connectivity index (χ4v) is 5.59. The number of hydrogen-bond donors (Lipinski definition) is 2. The third kappa shape index (κ3) is 4.78. The van der Waals surface area contributed by atoms with Crippen LogP contribution in [0.1, 0.15) is 38.2 Å². The molecule has 178 valence electrons. The van der Waals surface area contributed by atoms with Gasteiger partial charge in [-0.25, -0.2) is 17.8 Å². The lowest BCUT2D eigenvalue weighted by Crippen LogP contribution is -2.50. The van der Waals surface area contributed by atoms with Crippen LogP contribution in [0, 0.1) is 11.3 Å². The van der Waals surface area contributed by atoms with Crippen LogP contribution in [0.2, 0.25) is 0 Å². The maximum absolute atomic E-state index is 14.9. The topological polar surface area (TPSA) is 146 Å². The Hall–Kier alpha value is -2.82. The number of ether oxygens (including phenoxy) is 1. The van der Waals surface area contributed by atoms with E-state index in [4.69, 9.17) is 4.74 Å². The lowest BCUT2D eigenvalue weighted by atomic mass is 10.0. The van der Waals surface area contributed by atoms with Gasteiger partial charge in [-0.15, -0.1) is 0 Å². The van der Waals surface area contributed by atoms with Crippen molar-refractivity contribution in [2.24, 2.45) is 7.05 Å². The first-order valence-corrected chi connectivity index (χ1v) is 12.1. The Morgan fingerprint density at radius 2 is 2.18 bits per heavy atom. The molecule has 11 nitrogen and oxygen atoms in total. The van der Waals surface area contributed by atoms with Crippen molar-refractivity contribution in [3.05, 3.63) is 24.2 Å². The molecule has 3 heterocycles. The van der Waals surface area contributed by atoms with Crippen LogP contribution in [-0.4, -0.2) is 74.6 Å². The van der Waals surface area contributed by atoms with Gasteiger partial charge < -0.3 is 15.2 Å². The Balaban J connectivity index is 1.45. The van der Waals surface area contributed by atoms with Crippen LogP contribution < -0.4 is 10.1 Å². The van der Waals surface area contributed by atoms with E-state index in [-0.39, 0.29) is 41.8 Å². The average molecular weight is 480 g/mol. The maximum Gasteiger partial charge on any atom is 0.246 e. The number of sulfonamides is 1. The van der Waals surface area contributed by atoms with Crippen molar-refractivity contribution in [2.75, 3.05) is 18.4 Å². The number of hydrogen-bond acceptors (Lipinski definition) is 9. The number of nitriles is 1. The highest BCUT2D eigenvalue weighted by Crippen LogP contribution is 2.33. The molecule has 2 aromatic rings. The van der Waals surface area contributed by atoms with Gasteiger partial charge in [-0.3, -0.25) is 4.68 Å². The first-order chi connectivity index (χ1) is 15.6. The fraction of sp³-hybridized carbons (Fsp3) is 0.600. The third-order valence-electron chi connectivity index (χ3n) is 6.11. The Morgan fingerprint density at radius 1 is 1.39 bits per heavy atom. The fourth-order valence-electron chi connectivity index (χ4n) is 4.14. The highest BCUT2D eigenvalue weighted by molar-refractivity contribution is 7.89. The third-order valence-corrected chi connectivity index (χ3v) is 7.93. The predicted octanol–water partition coefficient (Wildman–Crippen LogP) is 0.977. The van der Waals surface area contributed by atoms with Crippen molar-refractivity contribution in [3.8, 4) is 11.9 Å². The van der Waals surface area contributed by atoms with E-state index in [1.807, 2.05) is 6.07 Å². The summed E-state index contributed by atoms with van der Waals surface area (Å²) in [7, 11) is -2.23. The predicted molar refractivity (Wildman–Crippen MR) is 115 cm³/mol. The number of nitrogens with one attached hydrogen (secondary N) is 1. The summed E-state index contributed by atoms with van der Waals surface area (Å²) in [6, 6.07) is 1.24. The number of halogens is 1. The molecule has 1 saturated carbocycles. The molecule has 1 aliphatic carbocycles. The summed E-state index contributed by atoms with van der Waals surface area (Å²) >= 11 is 0. The summed E-state index contributed by atoms with van der Waals surface area (Å²) in [5.74, 6) is 0.0898. The van der Waals surface area contributed by atoms with Gasteiger partial charge in [0.05, 0.1) is 24.0 Å². The van der Waals surface area contributed by atoms with Crippen molar-refractivity contribution < 1.29 is 22.7 Å². The molecular formula is C20H26FN7O4S. The van der Waals surface area contributed by atoms with E-state index in [9.17, 15) is 23.2 Å². The molecule has 0 bridgehead atoms. The number of aliphatic hydroxyl groups is 1. The van der Waals surface area contributed by atoms with Gasteiger partial charge in [0.25, 0.3) is 0 Å². The molecule has 2 N–H and O–H groups in total. The van der Waals surface area contributed by atoms with Crippen molar-refractivity contribution in [1.29, 1.82) is 5.26 Å². The molecule has 0 spiro atoms. The molecule has 4 rings (SSSR count). The highest BCUT2D eigenvalue weighted by Gasteiger charge is 2.40. The molecule has 13 heteroatoms. The zero-order valence-electron chi connectivity index (χ0n) is 18.3. The average Bonchev–Trinajstić information content (AvgIpc) is 3.35. The number of alkyl halides is 1. The second-order valence-corrected chi connectivity index (χ2v) is 10.6. The number of rotatable bonds is 6. The summed E-state index contributed by atoms with van der Waals surface area (Å²) < 4.78 is 48.7. The van der Waals surface area contributed by atoms with Crippen LogP contribution in [-0.2, 0) is 17.1 Å². The minimum atomic E-state index is -3.84. The van der Waals surface area contributed by atoms with E-state index in [0.29, 0.717) is 12.8 Å². The molecule has 0 amide bonds. The molecular weight excluding hydrogens is 453 g/mol. The van der Waals surface area contributed by atoms with Gasteiger partial charge in [0.2, 0.25) is 21.9 Å². The zero-order chi connectivity index (χ0) is 23.8. The van der Waals surface area contributed by atoms with Crippen molar-refractivity contribution in [2.45, 2.75) is 61.4 Å². The molecule has 0 aromatic carbocycles. The molecule has 1 saturated heterocycles. The van der Waals surface area contributed by atoms with Gasteiger partial charge in [-0.05, 0) is 32.6 Å². The Morgan fingerprint density at radius 3 is 2.79 bits per heavy atom. The molecule has 2 aromatic heterocycles. The van der Waals surface area contributed by atoms with E-state index >= 15 is 0 Å². The minimum absolute atomic E-state index is 0.0172. The zero-order valence-corrected chi connectivity index (χ0v) is 19.2. The van der Waals surface area contributed by atoms with Crippen LogP contribution in [0.3, 0.4) is 0 Å². The van der Waals surface area contributed by atoms with Gasteiger partial charge in [-0.1, -0.05) is 0 Å². The lowest BCUT2D eigenvalue weighted by Gasteiger charge is -2.34. The molecule has 1 aliphatic heterocycles. The summed E-state index contributed by atoms with van der Waals surface area (Å²) in [6.07, 6.45) is 4.06. The van der Waals surface area contributed by atoms with E-state index in [1.165, 1.54) is 23.3 Å². The van der Waals surface area contributed by atoms with Gasteiger partial charge in [-0.2, -0.15) is 19.6 Å². The van der Waals surface area contributed by atoms with Crippen LogP contribution in [0.15, 0.2) is 23.5 Å². The van der Waals surface area contributed by atoms with Crippen LogP contribution in [0.25, 0.3) is 0 Å². The maximum atomic E-state index is 14.9. The van der Waals surface area contributed by atoms with Gasteiger partial charge >= 0.3 is 0 Å². The quantitative estimate of drug-likeness (QED) is 0.619. The summed E-state index contributed by atoms with van der Waals surface area (Å²) in [6.45, 7) is 1.47.